The predicted octanol–water partition coefficient (Wildman–Crippen LogP) is 3.22. The summed E-state index contributed by atoms with van der Waals surface area (Å²) < 4.78 is 0. The number of rotatable bonds is 1. The Labute approximate surface area is 87.9 Å². The molecule has 2 rings (SSSR count). The lowest BCUT2D eigenvalue weighted by Gasteiger charge is -2.41. The van der Waals surface area contributed by atoms with Gasteiger partial charge in [0.15, 0.2) is 0 Å². The zero-order chi connectivity index (χ0) is 10.3. The highest BCUT2D eigenvalue weighted by Gasteiger charge is 2.48. The van der Waals surface area contributed by atoms with Crippen LogP contribution in [0.5, 0.6) is 0 Å². The van der Waals surface area contributed by atoms with Gasteiger partial charge in [0.2, 0.25) is 0 Å². The molecule has 0 aromatic carbocycles. The van der Waals surface area contributed by atoms with Crippen LogP contribution in [0.25, 0.3) is 0 Å². The Morgan fingerprint density at radius 1 is 1.21 bits per heavy atom. The molecule has 1 N–H and O–H groups in total. The number of hydrogen-bond acceptors (Lipinski definition) is 1. The van der Waals surface area contributed by atoms with E-state index in [9.17, 15) is 5.11 Å². The number of aliphatic hydroxyl groups is 1. The average molecular weight is 196 g/mol. The first kappa shape index (κ1) is 10.5. The first-order chi connectivity index (χ1) is 6.53. The van der Waals surface area contributed by atoms with Crippen LogP contribution in [0.4, 0.5) is 0 Å². The molecule has 2 saturated carbocycles. The Bertz CT molecular complexity index is 211. The SMILES string of the molecule is CC(C)C1CCC2(C)CCC(O)CC12. The first-order valence-corrected chi connectivity index (χ1v) is 6.21. The highest BCUT2D eigenvalue weighted by molar-refractivity contribution is 4.98. The summed E-state index contributed by atoms with van der Waals surface area (Å²) in [6.07, 6.45) is 6.14. The second kappa shape index (κ2) is 3.52. The van der Waals surface area contributed by atoms with Crippen molar-refractivity contribution in [1.82, 2.24) is 0 Å². The molecule has 0 heterocycles. The molecule has 0 spiro atoms. The van der Waals surface area contributed by atoms with E-state index in [-0.39, 0.29) is 6.10 Å². The van der Waals surface area contributed by atoms with Gasteiger partial charge in [-0.05, 0) is 55.3 Å². The summed E-state index contributed by atoms with van der Waals surface area (Å²) >= 11 is 0. The smallest absolute Gasteiger partial charge is 0.0543 e. The summed E-state index contributed by atoms with van der Waals surface area (Å²) in [6.45, 7) is 7.14. The monoisotopic (exact) mass is 196 g/mol. The minimum atomic E-state index is -0.00701. The molecule has 0 radical (unpaired) electrons. The third-order valence-electron chi connectivity index (χ3n) is 4.89. The molecule has 82 valence electrons. The molecule has 2 aliphatic carbocycles. The molecule has 0 aromatic heterocycles. The number of hydrogen-bond donors (Lipinski definition) is 1. The van der Waals surface area contributed by atoms with Gasteiger partial charge in [-0.15, -0.1) is 0 Å². The molecule has 0 amide bonds. The standard InChI is InChI=1S/C13H24O/c1-9(2)11-5-7-13(3)6-4-10(14)8-12(11)13/h9-12,14H,4-8H2,1-3H3. The minimum Gasteiger partial charge on any atom is -0.393 e. The topological polar surface area (TPSA) is 20.2 Å². The fourth-order valence-corrected chi connectivity index (χ4v) is 3.87. The molecular weight excluding hydrogens is 172 g/mol. The largest absolute Gasteiger partial charge is 0.393 e. The van der Waals surface area contributed by atoms with Gasteiger partial charge in [-0.1, -0.05) is 20.8 Å². The van der Waals surface area contributed by atoms with Crippen molar-refractivity contribution in [3.63, 3.8) is 0 Å². The molecule has 4 atom stereocenters. The van der Waals surface area contributed by atoms with Crippen molar-refractivity contribution >= 4 is 0 Å². The van der Waals surface area contributed by atoms with E-state index in [1.165, 1.54) is 19.3 Å². The van der Waals surface area contributed by atoms with Crippen molar-refractivity contribution in [3.8, 4) is 0 Å². The van der Waals surface area contributed by atoms with Crippen molar-refractivity contribution < 1.29 is 5.11 Å². The fraction of sp³-hybridized carbons (Fsp3) is 1.00. The van der Waals surface area contributed by atoms with Crippen LogP contribution in [0.2, 0.25) is 0 Å². The highest BCUT2D eigenvalue weighted by Crippen LogP contribution is 2.56. The minimum absolute atomic E-state index is 0.00701. The molecular formula is C13H24O. The molecule has 0 saturated heterocycles. The lowest BCUT2D eigenvalue weighted by atomic mass is 9.65. The third-order valence-corrected chi connectivity index (χ3v) is 4.89. The van der Waals surface area contributed by atoms with Gasteiger partial charge in [0, 0.05) is 0 Å². The van der Waals surface area contributed by atoms with E-state index >= 15 is 0 Å². The van der Waals surface area contributed by atoms with Gasteiger partial charge in [-0.25, -0.2) is 0 Å². The number of fused-ring (bicyclic) bond motifs is 1. The van der Waals surface area contributed by atoms with Gasteiger partial charge in [0.25, 0.3) is 0 Å². The van der Waals surface area contributed by atoms with Gasteiger partial charge in [0.1, 0.15) is 0 Å². The van der Waals surface area contributed by atoms with Crippen molar-refractivity contribution in [1.29, 1.82) is 0 Å². The van der Waals surface area contributed by atoms with Crippen molar-refractivity contribution in [2.75, 3.05) is 0 Å². The van der Waals surface area contributed by atoms with Gasteiger partial charge in [0.05, 0.1) is 6.10 Å². The Balaban J connectivity index is 2.14. The lowest BCUT2D eigenvalue weighted by Crippen LogP contribution is -2.36. The van der Waals surface area contributed by atoms with Gasteiger partial charge in [-0.3, -0.25) is 0 Å². The Hall–Kier alpha value is -0.0400. The maximum Gasteiger partial charge on any atom is 0.0543 e. The van der Waals surface area contributed by atoms with Crippen molar-refractivity contribution in [3.05, 3.63) is 0 Å². The normalized spacial score (nSPS) is 48.2. The third kappa shape index (κ3) is 1.60. The first-order valence-electron chi connectivity index (χ1n) is 6.21. The van der Waals surface area contributed by atoms with Crippen LogP contribution in [0, 0.1) is 23.2 Å². The van der Waals surface area contributed by atoms with Gasteiger partial charge >= 0.3 is 0 Å². The zero-order valence-electron chi connectivity index (χ0n) is 9.79. The van der Waals surface area contributed by atoms with Crippen LogP contribution in [0.3, 0.4) is 0 Å². The summed E-state index contributed by atoms with van der Waals surface area (Å²) in [5, 5.41) is 9.77. The van der Waals surface area contributed by atoms with Crippen molar-refractivity contribution in [2.24, 2.45) is 23.2 Å². The lowest BCUT2D eigenvalue weighted by molar-refractivity contribution is 0.0145. The van der Waals surface area contributed by atoms with Crippen LogP contribution >= 0.6 is 0 Å². The Morgan fingerprint density at radius 3 is 2.50 bits per heavy atom. The van der Waals surface area contributed by atoms with E-state index < -0.39 is 0 Å². The van der Waals surface area contributed by atoms with Crippen LogP contribution in [0.15, 0.2) is 0 Å². The van der Waals surface area contributed by atoms with Crippen LogP contribution in [-0.4, -0.2) is 11.2 Å². The maximum absolute atomic E-state index is 9.77. The maximum atomic E-state index is 9.77. The summed E-state index contributed by atoms with van der Waals surface area (Å²) in [6, 6.07) is 0. The average Bonchev–Trinajstić information content (AvgIpc) is 2.43. The molecule has 1 heteroatoms. The Kier molecular flexibility index (Phi) is 2.63. The van der Waals surface area contributed by atoms with Gasteiger partial charge < -0.3 is 5.11 Å². The van der Waals surface area contributed by atoms with E-state index in [2.05, 4.69) is 20.8 Å². The van der Waals surface area contributed by atoms with E-state index in [1.54, 1.807) is 0 Å². The van der Waals surface area contributed by atoms with E-state index in [4.69, 9.17) is 0 Å². The van der Waals surface area contributed by atoms with E-state index in [0.717, 1.165) is 30.6 Å². The molecule has 4 unspecified atom stereocenters. The molecule has 2 aliphatic rings. The highest BCUT2D eigenvalue weighted by atomic mass is 16.3. The van der Waals surface area contributed by atoms with E-state index in [1.807, 2.05) is 0 Å². The van der Waals surface area contributed by atoms with Gasteiger partial charge in [-0.2, -0.15) is 0 Å². The zero-order valence-corrected chi connectivity index (χ0v) is 9.79. The quantitative estimate of drug-likeness (QED) is 0.682. The van der Waals surface area contributed by atoms with Crippen molar-refractivity contribution in [2.45, 2.75) is 59.0 Å². The van der Waals surface area contributed by atoms with Crippen LogP contribution in [0.1, 0.15) is 52.9 Å². The molecule has 2 fully saturated rings. The second-order valence-corrected chi connectivity index (χ2v) is 6.14. The van der Waals surface area contributed by atoms with Crippen LogP contribution in [-0.2, 0) is 0 Å². The second-order valence-electron chi connectivity index (χ2n) is 6.14. The summed E-state index contributed by atoms with van der Waals surface area (Å²) in [7, 11) is 0. The molecule has 0 aliphatic heterocycles. The Morgan fingerprint density at radius 2 is 1.86 bits per heavy atom. The summed E-state index contributed by atoms with van der Waals surface area (Å²) in [5.74, 6) is 2.47. The molecule has 0 bridgehead atoms. The van der Waals surface area contributed by atoms with Crippen LogP contribution < -0.4 is 0 Å². The molecule has 0 aromatic rings. The van der Waals surface area contributed by atoms with E-state index in [0.29, 0.717) is 5.41 Å². The molecule has 1 nitrogen and oxygen atoms in total. The summed E-state index contributed by atoms with van der Waals surface area (Å²) in [5.41, 5.74) is 0.564. The molecule has 14 heavy (non-hydrogen) atoms. The number of aliphatic hydroxyl groups excluding tert-OH is 1. The summed E-state index contributed by atoms with van der Waals surface area (Å²) in [4.78, 5) is 0. The fourth-order valence-electron chi connectivity index (χ4n) is 3.87. The predicted molar refractivity (Wildman–Crippen MR) is 59.0 cm³/mol.